The first-order chi connectivity index (χ1) is 7.09. The maximum Gasteiger partial charge on any atom is 0.229 e. The number of anilines is 1. The fourth-order valence-electron chi connectivity index (χ4n) is 1.44. The Morgan fingerprint density at radius 2 is 1.81 bits per heavy atom. The minimum absolute atomic E-state index is 0.0983. The average Bonchev–Trinajstić information content (AvgIpc) is 1.97. The molecule has 0 atom stereocenters. The molecule has 0 saturated heterocycles. The molecular formula is C11H17NO3S. The summed E-state index contributed by atoms with van der Waals surface area (Å²) in [6.07, 6.45) is 1.07. The fraction of sp³-hybridized carbons (Fsp3) is 0.455. The van der Waals surface area contributed by atoms with Gasteiger partial charge in [-0.1, -0.05) is 26.8 Å². The normalized spacial score (nSPS) is 12.5. The van der Waals surface area contributed by atoms with Crippen molar-refractivity contribution >= 4 is 15.7 Å². The maximum atomic E-state index is 11.0. The molecule has 90 valence electrons. The van der Waals surface area contributed by atoms with E-state index >= 15 is 0 Å². The molecule has 0 aliphatic rings. The quantitative estimate of drug-likeness (QED) is 0.835. The van der Waals surface area contributed by atoms with Gasteiger partial charge in [-0.2, -0.15) is 0 Å². The zero-order valence-electron chi connectivity index (χ0n) is 9.90. The highest BCUT2D eigenvalue weighted by atomic mass is 32.2. The molecule has 0 saturated carbocycles. The van der Waals surface area contributed by atoms with Crippen molar-refractivity contribution in [2.75, 3.05) is 11.0 Å². The molecule has 0 aromatic heterocycles. The Kier molecular flexibility index (Phi) is 3.19. The van der Waals surface area contributed by atoms with Gasteiger partial charge < -0.3 is 5.11 Å². The second-order valence-electron chi connectivity index (χ2n) is 4.86. The zero-order chi connectivity index (χ0) is 12.6. The van der Waals surface area contributed by atoms with Gasteiger partial charge in [-0.15, -0.1) is 0 Å². The van der Waals surface area contributed by atoms with Crippen LogP contribution in [0.5, 0.6) is 5.75 Å². The Bertz CT molecular complexity index is 486. The van der Waals surface area contributed by atoms with Crippen LogP contribution in [0, 0.1) is 0 Å². The molecule has 2 N–H and O–H groups in total. The minimum atomic E-state index is -3.30. The van der Waals surface area contributed by atoms with Crippen molar-refractivity contribution in [1.82, 2.24) is 0 Å². The Balaban J connectivity index is 3.10. The summed E-state index contributed by atoms with van der Waals surface area (Å²) in [4.78, 5) is 0. The standard InChI is InChI=1S/C11H17NO3S/c1-11(2,3)9-6-5-8(7-10(9)13)12-16(4,14)15/h5-7,12-13H,1-4H3. The summed E-state index contributed by atoms with van der Waals surface area (Å²) < 4.78 is 24.3. The van der Waals surface area contributed by atoms with Crippen molar-refractivity contribution in [2.24, 2.45) is 0 Å². The summed E-state index contributed by atoms with van der Waals surface area (Å²) in [5, 5.41) is 9.79. The van der Waals surface area contributed by atoms with Gasteiger partial charge in [0.25, 0.3) is 0 Å². The van der Waals surface area contributed by atoms with Crippen LogP contribution < -0.4 is 4.72 Å². The van der Waals surface area contributed by atoms with E-state index in [-0.39, 0.29) is 11.2 Å². The van der Waals surface area contributed by atoms with Crippen LogP contribution in [-0.4, -0.2) is 19.8 Å². The Morgan fingerprint density at radius 3 is 2.19 bits per heavy atom. The number of nitrogens with one attached hydrogen (secondary N) is 1. The predicted octanol–water partition coefficient (Wildman–Crippen LogP) is 2.06. The van der Waals surface area contributed by atoms with Crippen molar-refractivity contribution in [3.63, 3.8) is 0 Å². The third-order valence-electron chi connectivity index (χ3n) is 2.11. The number of rotatable bonds is 2. The molecule has 0 radical (unpaired) electrons. The third kappa shape index (κ3) is 3.41. The third-order valence-corrected chi connectivity index (χ3v) is 2.72. The summed E-state index contributed by atoms with van der Waals surface area (Å²) in [6.45, 7) is 5.93. The molecular weight excluding hydrogens is 226 g/mol. The number of hydrogen-bond donors (Lipinski definition) is 2. The van der Waals surface area contributed by atoms with E-state index in [0.717, 1.165) is 11.8 Å². The van der Waals surface area contributed by atoms with Gasteiger partial charge >= 0.3 is 0 Å². The van der Waals surface area contributed by atoms with E-state index in [1.54, 1.807) is 12.1 Å². The SMILES string of the molecule is CC(C)(C)c1ccc(NS(C)(=O)=O)cc1O. The van der Waals surface area contributed by atoms with Crippen LogP contribution in [-0.2, 0) is 15.4 Å². The summed E-state index contributed by atoms with van der Waals surface area (Å²) in [7, 11) is -3.30. The number of aromatic hydroxyl groups is 1. The molecule has 1 rings (SSSR count). The Morgan fingerprint density at radius 1 is 1.25 bits per heavy atom. The van der Waals surface area contributed by atoms with E-state index in [4.69, 9.17) is 0 Å². The maximum absolute atomic E-state index is 11.0. The first-order valence-electron chi connectivity index (χ1n) is 4.91. The molecule has 0 aliphatic carbocycles. The van der Waals surface area contributed by atoms with E-state index in [0.29, 0.717) is 5.69 Å². The van der Waals surface area contributed by atoms with Crippen LogP contribution in [0.3, 0.4) is 0 Å². The first-order valence-corrected chi connectivity index (χ1v) is 6.80. The topological polar surface area (TPSA) is 66.4 Å². The molecule has 5 heteroatoms. The predicted molar refractivity (Wildman–Crippen MR) is 65.3 cm³/mol. The van der Waals surface area contributed by atoms with Crippen LogP contribution in [0.2, 0.25) is 0 Å². The van der Waals surface area contributed by atoms with Crippen LogP contribution in [0.1, 0.15) is 26.3 Å². The van der Waals surface area contributed by atoms with Gasteiger partial charge in [0.2, 0.25) is 10.0 Å². The second kappa shape index (κ2) is 3.97. The molecule has 0 heterocycles. The highest BCUT2D eigenvalue weighted by molar-refractivity contribution is 7.92. The Hall–Kier alpha value is -1.23. The highest BCUT2D eigenvalue weighted by Gasteiger charge is 2.18. The molecule has 0 bridgehead atoms. The van der Waals surface area contributed by atoms with E-state index < -0.39 is 10.0 Å². The average molecular weight is 243 g/mol. The highest BCUT2D eigenvalue weighted by Crippen LogP contribution is 2.32. The number of phenols is 1. The van der Waals surface area contributed by atoms with Crippen molar-refractivity contribution in [2.45, 2.75) is 26.2 Å². The monoisotopic (exact) mass is 243 g/mol. The summed E-state index contributed by atoms with van der Waals surface area (Å²) in [6, 6.07) is 4.78. The second-order valence-corrected chi connectivity index (χ2v) is 6.60. The minimum Gasteiger partial charge on any atom is -0.508 e. The van der Waals surface area contributed by atoms with Gasteiger partial charge in [-0.05, 0) is 17.0 Å². The Labute approximate surface area is 96.4 Å². The first kappa shape index (κ1) is 12.8. The largest absolute Gasteiger partial charge is 0.508 e. The summed E-state index contributed by atoms with van der Waals surface area (Å²) in [5.74, 6) is 0.0983. The van der Waals surface area contributed by atoms with Crippen molar-refractivity contribution in [3.05, 3.63) is 23.8 Å². The van der Waals surface area contributed by atoms with Crippen LogP contribution in [0.15, 0.2) is 18.2 Å². The van der Waals surface area contributed by atoms with E-state index in [1.165, 1.54) is 6.07 Å². The molecule has 0 aliphatic heterocycles. The molecule has 16 heavy (non-hydrogen) atoms. The van der Waals surface area contributed by atoms with Gasteiger partial charge in [0.15, 0.2) is 0 Å². The van der Waals surface area contributed by atoms with Gasteiger partial charge in [0.1, 0.15) is 5.75 Å². The van der Waals surface area contributed by atoms with Crippen LogP contribution in [0.4, 0.5) is 5.69 Å². The number of phenolic OH excluding ortho intramolecular Hbond substituents is 1. The van der Waals surface area contributed by atoms with Crippen LogP contribution >= 0.6 is 0 Å². The zero-order valence-corrected chi connectivity index (χ0v) is 10.7. The molecule has 0 amide bonds. The summed E-state index contributed by atoms with van der Waals surface area (Å²) >= 11 is 0. The molecule has 0 fully saturated rings. The number of sulfonamides is 1. The smallest absolute Gasteiger partial charge is 0.229 e. The molecule has 0 spiro atoms. The van der Waals surface area contributed by atoms with Crippen molar-refractivity contribution in [1.29, 1.82) is 0 Å². The van der Waals surface area contributed by atoms with Gasteiger partial charge in [-0.3, -0.25) is 4.72 Å². The molecule has 1 aromatic rings. The number of hydrogen-bond acceptors (Lipinski definition) is 3. The van der Waals surface area contributed by atoms with Gasteiger partial charge in [-0.25, -0.2) is 8.42 Å². The lowest BCUT2D eigenvalue weighted by atomic mass is 9.86. The van der Waals surface area contributed by atoms with Gasteiger partial charge in [0, 0.05) is 6.07 Å². The van der Waals surface area contributed by atoms with E-state index in [2.05, 4.69) is 4.72 Å². The van der Waals surface area contributed by atoms with E-state index in [9.17, 15) is 13.5 Å². The molecule has 4 nitrogen and oxygen atoms in total. The molecule has 1 aromatic carbocycles. The fourth-order valence-corrected chi connectivity index (χ4v) is 2.00. The lowest BCUT2D eigenvalue weighted by Crippen LogP contribution is -2.13. The van der Waals surface area contributed by atoms with Crippen LogP contribution in [0.25, 0.3) is 0 Å². The van der Waals surface area contributed by atoms with Crippen molar-refractivity contribution in [3.8, 4) is 5.75 Å². The van der Waals surface area contributed by atoms with Crippen molar-refractivity contribution < 1.29 is 13.5 Å². The lowest BCUT2D eigenvalue weighted by molar-refractivity contribution is 0.447. The van der Waals surface area contributed by atoms with Gasteiger partial charge in [0.05, 0.1) is 11.9 Å². The summed E-state index contributed by atoms with van der Waals surface area (Å²) in [5.41, 5.74) is 0.979. The van der Waals surface area contributed by atoms with E-state index in [1.807, 2.05) is 20.8 Å². The number of benzene rings is 1. The molecule has 0 unspecified atom stereocenters. The lowest BCUT2D eigenvalue weighted by Gasteiger charge is -2.20.